The minimum Gasteiger partial charge on any atom is -0.476 e. The van der Waals surface area contributed by atoms with Gasteiger partial charge in [0, 0.05) is 15.7 Å². The van der Waals surface area contributed by atoms with Crippen LogP contribution in [0.5, 0.6) is 5.75 Å². The van der Waals surface area contributed by atoms with Gasteiger partial charge in [0.2, 0.25) is 0 Å². The van der Waals surface area contributed by atoms with Gasteiger partial charge in [-0.2, -0.15) is 0 Å². The van der Waals surface area contributed by atoms with E-state index < -0.39 is 32.1 Å². The van der Waals surface area contributed by atoms with Gasteiger partial charge in [-0.25, -0.2) is 16.8 Å². The largest absolute Gasteiger partial charge is 0.476 e. The zero-order chi connectivity index (χ0) is 29.4. The third kappa shape index (κ3) is 6.24. The van der Waals surface area contributed by atoms with E-state index in [4.69, 9.17) is 39.5 Å². The summed E-state index contributed by atoms with van der Waals surface area (Å²) in [5.74, 6) is -0.415. The summed E-state index contributed by atoms with van der Waals surface area (Å²) in [4.78, 5) is 13.1. The summed E-state index contributed by atoms with van der Waals surface area (Å²) in [5.41, 5.74) is 0.712. The molecule has 0 bridgehead atoms. The van der Waals surface area contributed by atoms with Crippen LogP contribution in [0.3, 0.4) is 0 Å². The topological polar surface area (TPSA) is 122 Å². The summed E-state index contributed by atoms with van der Waals surface area (Å²) in [5, 5.41) is 3.52. The van der Waals surface area contributed by atoms with E-state index in [1.807, 2.05) is 0 Å². The van der Waals surface area contributed by atoms with Crippen molar-refractivity contribution in [3.05, 3.63) is 106 Å². The molecule has 4 aromatic carbocycles. The lowest BCUT2D eigenvalue weighted by Crippen LogP contribution is -2.48. The molecule has 1 heterocycles. The van der Waals surface area contributed by atoms with E-state index >= 15 is 0 Å². The Balaban J connectivity index is 1.34. The number of benzene rings is 4. The van der Waals surface area contributed by atoms with Gasteiger partial charge in [-0.05, 0) is 78.9 Å². The first-order chi connectivity index (χ1) is 19.4. The van der Waals surface area contributed by atoms with Crippen LogP contribution >= 0.6 is 34.8 Å². The number of amides is 1. The van der Waals surface area contributed by atoms with Gasteiger partial charge in [-0.15, -0.1) is 0 Å². The molecule has 1 amide bonds. The second-order valence-corrected chi connectivity index (χ2v) is 13.6. The molecule has 212 valence electrons. The number of carbonyl (C=O) groups is 1. The molecule has 1 aliphatic rings. The minimum atomic E-state index is -4.06. The van der Waals surface area contributed by atoms with E-state index in [0.717, 1.165) is 4.31 Å². The maximum absolute atomic E-state index is 13.5. The average molecular weight is 653 g/mol. The Bertz CT molecular complexity index is 1840. The summed E-state index contributed by atoms with van der Waals surface area (Å²) < 4.78 is 62.0. The van der Waals surface area contributed by atoms with Crippen molar-refractivity contribution in [2.24, 2.45) is 0 Å². The number of ether oxygens (including phenoxy) is 1. The lowest BCUT2D eigenvalue weighted by molar-refractivity contribution is -0.122. The molecule has 0 radical (unpaired) electrons. The Morgan fingerprint density at radius 1 is 0.805 bits per heavy atom. The van der Waals surface area contributed by atoms with Crippen molar-refractivity contribution in [2.75, 3.05) is 20.9 Å². The van der Waals surface area contributed by atoms with Gasteiger partial charge in [0.05, 0.1) is 32.7 Å². The van der Waals surface area contributed by atoms with E-state index in [9.17, 15) is 21.6 Å². The zero-order valence-corrected chi connectivity index (χ0v) is 24.7. The van der Waals surface area contributed by atoms with Crippen molar-refractivity contribution >= 4 is 77.8 Å². The lowest BCUT2D eigenvalue weighted by Gasteiger charge is -2.34. The zero-order valence-electron chi connectivity index (χ0n) is 20.8. The third-order valence-electron chi connectivity index (χ3n) is 6.04. The molecule has 1 aliphatic heterocycles. The highest BCUT2D eigenvalue weighted by Crippen LogP contribution is 2.37. The van der Waals surface area contributed by atoms with Gasteiger partial charge in [-0.1, -0.05) is 46.9 Å². The van der Waals surface area contributed by atoms with Crippen LogP contribution in [0, 0.1) is 0 Å². The molecular weight excluding hydrogens is 633 g/mol. The number of sulfonamides is 2. The molecule has 0 spiro atoms. The van der Waals surface area contributed by atoms with Crippen LogP contribution in [0.1, 0.15) is 0 Å². The van der Waals surface area contributed by atoms with Gasteiger partial charge in [0.25, 0.3) is 26.0 Å². The first-order valence-electron chi connectivity index (χ1n) is 11.9. The van der Waals surface area contributed by atoms with Crippen LogP contribution in [-0.4, -0.2) is 35.4 Å². The monoisotopic (exact) mass is 651 g/mol. The second-order valence-electron chi connectivity index (χ2n) is 8.81. The van der Waals surface area contributed by atoms with Crippen molar-refractivity contribution in [2.45, 2.75) is 15.9 Å². The Morgan fingerprint density at radius 2 is 1.44 bits per heavy atom. The fourth-order valence-corrected chi connectivity index (χ4v) is 7.21. The standard InChI is InChI=1S/C27H20Cl3N3O6S2/c28-17-5-10-21(11-6-17)41(37,38)33-16-26(39-25-4-2-1-3-24(25)33)27(34)31-19-8-12-20(13-9-19)40(35,36)32-23-14-7-18(29)15-22(23)30/h1-15,26,32H,16H2,(H,31,34). The molecule has 9 nitrogen and oxygen atoms in total. The van der Waals surface area contributed by atoms with Crippen LogP contribution in [0.2, 0.25) is 15.1 Å². The normalized spacial score (nSPS) is 15.0. The fraction of sp³-hybridized carbons (Fsp3) is 0.0741. The van der Waals surface area contributed by atoms with E-state index in [1.54, 1.807) is 24.3 Å². The van der Waals surface area contributed by atoms with Crippen molar-refractivity contribution in [3.8, 4) is 5.75 Å². The number of hydrogen-bond acceptors (Lipinski definition) is 6. The number of nitrogens with zero attached hydrogens (tertiary/aromatic N) is 1. The van der Waals surface area contributed by atoms with Crippen LogP contribution in [0.25, 0.3) is 0 Å². The molecule has 0 aromatic heterocycles. The number of anilines is 3. The van der Waals surface area contributed by atoms with E-state index in [-0.39, 0.29) is 44.2 Å². The van der Waals surface area contributed by atoms with Crippen LogP contribution < -0.4 is 19.1 Å². The molecule has 2 N–H and O–H groups in total. The minimum absolute atomic E-state index is 0.00283. The summed E-state index contributed by atoms with van der Waals surface area (Å²) in [7, 11) is -8.06. The van der Waals surface area contributed by atoms with Gasteiger partial charge >= 0.3 is 0 Å². The highest BCUT2D eigenvalue weighted by molar-refractivity contribution is 7.93. The van der Waals surface area contributed by atoms with Crippen molar-refractivity contribution in [1.29, 1.82) is 0 Å². The SMILES string of the molecule is O=C(Nc1ccc(S(=O)(=O)Nc2ccc(Cl)cc2Cl)cc1)C1CN(S(=O)(=O)c2ccc(Cl)cc2)c2ccccc2O1. The van der Waals surface area contributed by atoms with Gasteiger partial charge in [-0.3, -0.25) is 13.8 Å². The summed E-state index contributed by atoms with van der Waals surface area (Å²) in [6.45, 7) is -0.300. The highest BCUT2D eigenvalue weighted by Gasteiger charge is 2.37. The Kier molecular flexibility index (Phi) is 8.09. The number of hydrogen-bond donors (Lipinski definition) is 2. The molecule has 4 aromatic rings. The van der Waals surface area contributed by atoms with E-state index in [1.165, 1.54) is 66.7 Å². The van der Waals surface area contributed by atoms with E-state index in [2.05, 4.69) is 10.0 Å². The summed E-state index contributed by atoms with van der Waals surface area (Å²) >= 11 is 17.9. The summed E-state index contributed by atoms with van der Waals surface area (Å²) in [6.07, 6.45) is -1.20. The van der Waals surface area contributed by atoms with Gasteiger partial charge in [0.15, 0.2) is 6.10 Å². The maximum atomic E-state index is 13.5. The Morgan fingerprint density at radius 3 is 2.12 bits per heavy atom. The van der Waals surface area contributed by atoms with Crippen molar-refractivity contribution < 1.29 is 26.4 Å². The predicted octanol–water partition coefficient (Wildman–Crippen LogP) is 6.04. The van der Waals surface area contributed by atoms with Crippen molar-refractivity contribution in [3.63, 3.8) is 0 Å². The molecule has 1 atom stereocenters. The quantitative estimate of drug-likeness (QED) is 0.251. The molecule has 0 aliphatic carbocycles. The van der Waals surface area contributed by atoms with E-state index in [0.29, 0.717) is 10.0 Å². The van der Waals surface area contributed by atoms with Gasteiger partial charge < -0.3 is 10.1 Å². The van der Waals surface area contributed by atoms with Crippen LogP contribution in [0.15, 0.2) is 101 Å². The average Bonchev–Trinajstić information content (AvgIpc) is 2.94. The highest BCUT2D eigenvalue weighted by atomic mass is 35.5. The molecule has 1 unspecified atom stereocenters. The number of rotatable bonds is 7. The second kappa shape index (κ2) is 11.4. The summed E-state index contributed by atoms with van der Waals surface area (Å²) in [6, 6.07) is 21.9. The first-order valence-corrected chi connectivity index (χ1v) is 15.9. The molecule has 0 saturated heterocycles. The molecule has 0 saturated carbocycles. The first kappa shape index (κ1) is 29.0. The fourth-order valence-electron chi connectivity index (χ4n) is 4.02. The number of carbonyl (C=O) groups excluding carboxylic acids is 1. The number of para-hydroxylation sites is 2. The maximum Gasteiger partial charge on any atom is 0.267 e. The lowest BCUT2D eigenvalue weighted by atomic mass is 10.2. The predicted molar refractivity (Wildman–Crippen MR) is 159 cm³/mol. The number of nitrogens with one attached hydrogen (secondary N) is 2. The number of fused-ring (bicyclic) bond motifs is 1. The van der Waals surface area contributed by atoms with Crippen LogP contribution in [-0.2, 0) is 24.8 Å². The molecule has 14 heteroatoms. The molecule has 5 rings (SSSR count). The Labute approximate surface area is 251 Å². The van der Waals surface area contributed by atoms with Crippen molar-refractivity contribution in [1.82, 2.24) is 0 Å². The van der Waals surface area contributed by atoms with Crippen LogP contribution in [0.4, 0.5) is 17.1 Å². The molecule has 0 fully saturated rings. The third-order valence-corrected chi connectivity index (χ3v) is 10.0. The molecular formula is C27H20Cl3N3O6S2. The number of halogens is 3. The Hall–Kier alpha value is -3.48. The molecule has 41 heavy (non-hydrogen) atoms. The van der Waals surface area contributed by atoms with Gasteiger partial charge in [0.1, 0.15) is 5.75 Å². The smallest absolute Gasteiger partial charge is 0.267 e.